The van der Waals surface area contributed by atoms with E-state index in [-0.39, 0.29) is 47.5 Å². The number of methoxy groups -OCH3 is 1. The first-order valence-corrected chi connectivity index (χ1v) is 9.35. The van der Waals surface area contributed by atoms with Crippen molar-refractivity contribution in [2.24, 2.45) is 0 Å². The van der Waals surface area contributed by atoms with E-state index in [1.807, 2.05) is 0 Å². The molecule has 0 spiro atoms. The van der Waals surface area contributed by atoms with E-state index >= 15 is 0 Å². The Balaban J connectivity index is 2.41. The van der Waals surface area contributed by atoms with Crippen LogP contribution in [0, 0.1) is 10.1 Å². The van der Waals surface area contributed by atoms with Gasteiger partial charge in [0.05, 0.1) is 31.0 Å². The van der Waals surface area contributed by atoms with Crippen LogP contribution in [0.1, 0.15) is 0 Å². The minimum absolute atomic E-state index is 0.0973. The quantitative estimate of drug-likeness (QED) is 0.311. The normalized spacial score (nSPS) is 15.9. The summed E-state index contributed by atoms with van der Waals surface area (Å²) in [6.45, 7) is 0.871. The third-order valence-electron chi connectivity index (χ3n) is 3.30. The molecule has 9 nitrogen and oxygen atoms in total. The molecule has 0 amide bonds. The zero-order valence-electron chi connectivity index (χ0n) is 12.8. The Morgan fingerprint density at radius 1 is 1.42 bits per heavy atom. The van der Waals surface area contributed by atoms with Crippen LogP contribution >= 0.6 is 11.8 Å². The van der Waals surface area contributed by atoms with Gasteiger partial charge in [-0.05, 0) is 6.07 Å². The summed E-state index contributed by atoms with van der Waals surface area (Å²) >= 11 is 0.957. The Morgan fingerprint density at radius 3 is 2.67 bits per heavy atom. The van der Waals surface area contributed by atoms with E-state index in [4.69, 9.17) is 4.74 Å². The van der Waals surface area contributed by atoms with Crippen LogP contribution in [0.2, 0.25) is 0 Å². The molecule has 24 heavy (non-hydrogen) atoms. The van der Waals surface area contributed by atoms with Crippen LogP contribution in [0.5, 0.6) is 0 Å². The average Bonchev–Trinajstić information content (AvgIpc) is 2.60. The molecule has 0 N–H and O–H groups in total. The molecule has 0 atom stereocenters. The number of hydrogen-bond acceptors (Lipinski definition) is 8. The lowest BCUT2D eigenvalue weighted by molar-refractivity contribution is -0.385. The van der Waals surface area contributed by atoms with Gasteiger partial charge in [-0.25, -0.2) is 8.42 Å². The summed E-state index contributed by atoms with van der Waals surface area (Å²) in [5, 5.41) is 11.0. The third kappa shape index (κ3) is 4.23. The largest absolute Gasteiger partial charge is 0.468 e. The maximum atomic E-state index is 12.8. The lowest BCUT2D eigenvalue weighted by Crippen LogP contribution is -2.40. The number of non-ortho nitro benzene ring substituents is 1. The van der Waals surface area contributed by atoms with Gasteiger partial charge in [0.25, 0.3) is 5.69 Å². The van der Waals surface area contributed by atoms with Crippen molar-refractivity contribution in [1.82, 2.24) is 4.31 Å². The van der Waals surface area contributed by atoms with Crippen LogP contribution < -0.4 is 0 Å². The molecular weight excluding hydrogens is 360 g/mol. The van der Waals surface area contributed by atoms with E-state index in [1.54, 1.807) is 0 Å². The highest BCUT2D eigenvalue weighted by molar-refractivity contribution is 8.00. The molecule has 0 aromatic heterocycles. The standard InChI is InChI=1S/C13H16N2O7S2/c1-21-13(16)9-23-11-3-2-10(15(17)18)8-12(11)24(19,20)14-4-6-22-7-5-14/h2-3,8H,4-7,9H2,1H3. The lowest BCUT2D eigenvalue weighted by Gasteiger charge is -2.26. The zero-order valence-corrected chi connectivity index (χ0v) is 14.5. The highest BCUT2D eigenvalue weighted by Crippen LogP contribution is 2.32. The second kappa shape index (κ2) is 7.92. The summed E-state index contributed by atoms with van der Waals surface area (Å²) in [5.41, 5.74) is -0.329. The molecule has 0 aliphatic carbocycles. The molecule has 11 heteroatoms. The van der Waals surface area contributed by atoms with Gasteiger partial charge < -0.3 is 9.47 Å². The fourth-order valence-corrected chi connectivity index (χ4v) is 4.80. The van der Waals surface area contributed by atoms with Gasteiger partial charge in [-0.3, -0.25) is 14.9 Å². The van der Waals surface area contributed by atoms with Gasteiger partial charge in [-0.15, -0.1) is 11.8 Å². The van der Waals surface area contributed by atoms with Crippen molar-refractivity contribution in [3.63, 3.8) is 0 Å². The van der Waals surface area contributed by atoms with E-state index in [0.717, 1.165) is 17.8 Å². The zero-order chi connectivity index (χ0) is 17.7. The Bertz CT molecular complexity index is 730. The predicted octanol–water partition coefficient (Wildman–Crippen LogP) is 0.881. The number of esters is 1. The van der Waals surface area contributed by atoms with Gasteiger partial charge in [-0.1, -0.05) is 0 Å². The summed E-state index contributed by atoms with van der Waals surface area (Å²) in [4.78, 5) is 21.7. The van der Waals surface area contributed by atoms with Crippen molar-refractivity contribution in [2.75, 3.05) is 39.2 Å². The first-order chi connectivity index (χ1) is 11.4. The molecule has 1 aliphatic rings. The molecule has 1 aliphatic heterocycles. The molecule has 0 unspecified atom stereocenters. The molecular formula is C13H16N2O7S2. The molecule has 0 saturated carbocycles. The Kier molecular flexibility index (Phi) is 6.15. The highest BCUT2D eigenvalue weighted by atomic mass is 32.2. The number of sulfonamides is 1. The van der Waals surface area contributed by atoms with Crippen molar-refractivity contribution >= 4 is 33.4 Å². The summed E-state index contributed by atoms with van der Waals surface area (Å²) in [6, 6.07) is 3.56. The van der Waals surface area contributed by atoms with E-state index in [0.29, 0.717) is 0 Å². The van der Waals surface area contributed by atoms with Gasteiger partial charge in [0.1, 0.15) is 4.90 Å². The third-order valence-corrected chi connectivity index (χ3v) is 6.41. The molecule has 1 heterocycles. The van der Waals surface area contributed by atoms with Crippen LogP contribution in [0.3, 0.4) is 0 Å². The summed E-state index contributed by atoms with van der Waals surface area (Å²) < 4.78 is 36.5. The summed E-state index contributed by atoms with van der Waals surface area (Å²) in [5.74, 6) is -0.618. The van der Waals surface area contributed by atoms with Gasteiger partial charge in [0.15, 0.2) is 0 Å². The van der Waals surface area contributed by atoms with Crippen molar-refractivity contribution in [3.8, 4) is 0 Å². The molecule has 0 bridgehead atoms. The molecule has 132 valence electrons. The minimum Gasteiger partial charge on any atom is -0.468 e. The van der Waals surface area contributed by atoms with Crippen molar-refractivity contribution in [3.05, 3.63) is 28.3 Å². The Labute approximate surface area is 143 Å². The predicted molar refractivity (Wildman–Crippen MR) is 85.4 cm³/mol. The van der Waals surface area contributed by atoms with Crippen molar-refractivity contribution in [1.29, 1.82) is 0 Å². The summed E-state index contributed by atoms with van der Waals surface area (Å²) in [7, 11) is -2.70. The SMILES string of the molecule is COC(=O)CSc1ccc([N+](=O)[O-])cc1S(=O)(=O)N1CCOCC1. The number of hydrogen-bond donors (Lipinski definition) is 0. The second-order valence-electron chi connectivity index (χ2n) is 4.77. The number of nitro groups is 1. The van der Waals surface area contributed by atoms with Gasteiger partial charge in [0.2, 0.25) is 10.0 Å². The number of benzene rings is 1. The maximum Gasteiger partial charge on any atom is 0.315 e. The fourth-order valence-electron chi connectivity index (χ4n) is 2.05. The molecule has 1 saturated heterocycles. The van der Waals surface area contributed by atoms with E-state index in [9.17, 15) is 23.3 Å². The number of rotatable bonds is 6. The lowest BCUT2D eigenvalue weighted by atomic mass is 10.3. The van der Waals surface area contributed by atoms with Gasteiger partial charge in [-0.2, -0.15) is 4.31 Å². The molecule has 0 radical (unpaired) electrons. The van der Waals surface area contributed by atoms with Crippen LogP contribution in [0.15, 0.2) is 28.0 Å². The van der Waals surface area contributed by atoms with Crippen LogP contribution in [0.4, 0.5) is 5.69 Å². The molecule has 2 rings (SSSR count). The molecule has 1 aromatic carbocycles. The number of carbonyl (C=O) groups is 1. The second-order valence-corrected chi connectivity index (χ2v) is 7.69. The summed E-state index contributed by atoms with van der Waals surface area (Å²) in [6.07, 6.45) is 0. The van der Waals surface area contributed by atoms with Crippen molar-refractivity contribution in [2.45, 2.75) is 9.79 Å². The number of ether oxygens (including phenoxy) is 2. The van der Waals surface area contributed by atoms with E-state index in [1.165, 1.54) is 23.5 Å². The van der Waals surface area contributed by atoms with Crippen LogP contribution in [-0.2, 0) is 24.3 Å². The van der Waals surface area contributed by atoms with E-state index < -0.39 is 20.9 Å². The molecule has 1 aromatic rings. The monoisotopic (exact) mass is 376 g/mol. The number of carbonyl (C=O) groups excluding carboxylic acids is 1. The van der Waals surface area contributed by atoms with E-state index in [2.05, 4.69) is 4.74 Å². The first-order valence-electron chi connectivity index (χ1n) is 6.92. The maximum absolute atomic E-state index is 12.8. The fraction of sp³-hybridized carbons (Fsp3) is 0.462. The van der Waals surface area contributed by atoms with Gasteiger partial charge >= 0.3 is 5.97 Å². The van der Waals surface area contributed by atoms with Gasteiger partial charge in [0, 0.05) is 30.1 Å². The first kappa shape index (κ1) is 18.6. The number of nitrogens with zero attached hydrogens (tertiary/aromatic N) is 2. The van der Waals surface area contributed by atoms with Crippen LogP contribution in [0.25, 0.3) is 0 Å². The smallest absolute Gasteiger partial charge is 0.315 e. The average molecular weight is 376 g/mol. The number of nitro benzene ring substituents is 1. The van der Waals surface area contributed by atoms with Crippen molar-refractivity contribution < 1.29 is 27.6 Å². The molecule has 1 fully saturated rings. The van der Waals surface area contributed by atoms with Crippen LogP contribution in [-0.4, -0.2) is 62.8 Å². The topological polar surface area (TPSA) is 116 Å². The Morgan fingerprint density at radius 2 is 2.08 bits per heavy atom. The minimum atomic E-state index is -3.93. The Hall–Kier alpha value is -1.69. The highest BCUT2D eigenvalue weighted by Gasteiger charge is 2.30. The number of thioether (sulfide) groups is 1. The number of morpholine rings is 1.